The molecule has 96 valence electrons. The second kappa shape index (κ2) is 4.63. The van der Waals surface area contributed by atoms with Gasteiger partial charge >= 0.3 is 5.97 Å². The average Bonchev–Trinajstić information content (AvgIpc) is 2.87. The molecule has 1 saturated heterocycles. The van der Waals surface area contributed by atoms with Gasteiger partial charge in [-0.1, -0.05) is 6.42 Å². The van der Waals surface area contributed by atoms with Crippen LogP contribution in [0.25, 0.3) is 0 Å². The Morgan fingerprint density at radius 2 is 1.83 bits per heavy atom. The van der Waals surface area contributed by atoms with E-state index < -0.39 is 5.97 Å². The molecule has 1 N–H and O–H groups in total. The molecule has 3 heteroatoms. The topological polar surface area (TPSA) is 40.5 Å². The molecular formula is C15H19NO2. The fourth-order valence-corrected chi connectivity index (χ4v) is 3.57. The Labute approximate surface area is 107 Å². The molecule has 1 heterocycles. The highest BCUT2D eigenvalue weighted by molar-refractivity contribution is 5.88. The summed E-state index contributed by atoms with van der Waals surface area (Å²) in [4.78, 5) is 13.4. The number of fused-ring (bicyclic) bond motifs is 1. The van der Waals surface area contributed by atoms with Crippen molar-refractivity contribution in [2.24, 2.45) is 5.92 Å². The largest absolute Gasteiger partial charge is 0.478 e. The highest BCUT2D eigenvalue weighted by atomic mass is 16.4. The van der Waals surface area contributed by atoms with Crippen molar-refractivity contribution in [3.8, 4) is 0 Å². The number of carboxylic acid groups (broad SMARTS) is 1. The van der Waals surface area contributed by atoms with Crippen molar-refractivity contribution >= 4 is 11.7 Å². The highest BCUT2D eigenvalue weighted by Crippen LogP contribution is 2.39. The number of hydrogen-bond acceptors (Lipinski definition) is 2. The van der Waals surface area contributed by atoms with Crippen molar-refractivity contribution in [3.05, 3.63) is 29.8 Å². The quantitative estimate of drug-likeness (QED) is 0.870. The predicted octanol–water partition coefficient (Wildman–Crippen LogP) is 3.15. The molecule has 2 unspecified atom stereocenters. The minimum Gasteiger partial charge on any atom is -0.478 e. The molecule has 1 aliphatic carbocycles. The smallest absolute Gasteiger partial charge is 0.335 e. The SMILES string of the molecule is O=C(O)c1ccc(N2CCCC3CCCC32)cc1. The van der Waals surface area contributed by atoms with E-state index in [1.54, 1.807) is 12.1 Å². The maximum absolute atomic E-state index is 10.9. The van der Waals surface area contributed by atoms with Crippen LogP contribution in [-0.4, -0.2) is 23.7 Å². The molecule has 0 aromatic heterocycles. The maximum Gasteiger partial charge on any atom is 0.335 e. The number of anilines is 1. The van der Waals surface area contributed by atoms with Gasteiger partial charge in [-0.25, -0.2) is 4.79 Å². The van der Waals surface area contributed by atoms with Gasteiger partial charge < -0.3 is 10.0 Å². The van der Waals surface area contributed by atoms with Crippen LogP contribution >= 0.6 is 0 Å². The van der Waals surface area contributed by atoms with Crippen molar-refractivity contribution in [2.75, 3.05) is 11.4 Å². The molecule has 2 aliphatic rings. The van der Waals surface area contributed by atoms with Crippen LogP contribution in [0.3, 0.4) is 0 Å². The summed E-state index contributed by atoms with van der Waals surface area (Å²) in [7, 11) is 0. The standard InChI is InChI=1S/C15H19NO2/c17-15(18)12-6-8-13(9-7-12)16-10-2-4-11-3-1-5-14(11)16/h6-9,11,14H,1-5,10H2,(H,17,18). The third-order valence-corrected chi connectivity index (χ3v) is 4.44. The Morgan fingerprint density at radius 3 is 2.56 bits per heavy atom. The van der Waals surface area contributed by atoms with E-state index in [9.17, 15) is 4.79 Å². The van der Waals surface area contributed by atoms with Gasteiger partial charge in [0.05, 0.1) is 5.56 Å². The van der Waals surface area contributed by atoms with Crippen LogP contribution in [-0.2, 0) is 0 Å². The van der Waals surface area contributed by atoms with Crippen molar-refractivity contribution in [3.63, 3.8) is 0 Å². The number of nitrogens with zero attached hydrogens (tertiary/aromatic N) is 1. The van der Waals surface area contributed by atoms with Gasteiger partial charge in [0.15, 0.2) is 0 Å². The minimum atomic E-state index is -0.848. The van der Waals surface area contributed by atoms with Crippen LogP contribution in [0, 0.1) is 5.92 Å². The second-order valence-corrected chi connectivity index (χ2v) is 5.45. The Kier molecular flexibility index (Phi) is 2.98. The molecule has 18 heavy (non-hydrogen) atoms. The zero-order valence-electron chi connectivity index (χ0n) is 10.5. The highest BCUT2D eigenvalue weighted by Gasteiger charge is 2.34. The molecule has 2 fully saturated rings. The fourth-order valence-electron chi connectivity index (χ4n) is 3.57. The summed E-state index contributed by atoms with van der Waals surface area (Å²) in [5, 5.41) is 8.92. The van der Waals surface area contributed by atoms with Crippen LogP contribution in [0.4, 0.5) is 5.69 Å². The van der Waals surface area contributed by atoms with Crippen molar-refractivity contribution in [2.45, 2.75) is 38.1 Å². The number of hydrogen-bond donors (Lipinski definition) is 1. The lowest BCUT2D eigenvalue weighted by Gasteiger charge is -2.39. The van der Waals surface area contributed by atoms with Crippen molar-refractivity contribution in [1.82, 2.24) is 0 Å². The van der Waals surface area contributed by atoms with Gasteiger partial charge in [0.2, 0.25) is 0 Å². The van der Waals surface area contributed by atoms with Crippen LogP contribution in [0.2, 0.25) is 0 Å². The van der Waals surface area contributed by atoms with E-state index in [1.807, 2.05) is 12.1 Å². The van der Waals surface area contributed by atoms with E-state index in [4.69, 9.17) is 5.11 Å². The summed E-state index contributed by atoms with van der Waals surface area (Å²) in [6.45, 7) is 1.12. The lowest BCUT2D eigenvalue weighted by Crippen LogP contribution is -2.42. The van der Waals surface area contributed by atoms with Gasteiger partial charge in [-0.05, 0) is 55.9 Å². The molecule has 2 atom stereocenters. The third kappa shape index (κ3) is 1.98. The first-order valence-electron chi connectivity index (χ1n) is 6.86. The monoisotopic (exact) mass is 245 g/mol. The summed E-state index contributed by atoms with van der Waals surface area (Å²) in [6.07, 6.45) is 6.65. The van der Waals surface area contributed by atoms with Crippen LogP contribution in [0.15, 0.2) is 24.3 Å². The zero-order chi connectivity index (χ0) is 12.5. The second-order valence-electron chi connectivity index (χ2n) is 5.45. The van der Waals surface area contributed by atoms with E-state index >= 15 is 0 Å². The van der Waals surface area contributed by atoms with Crippen LogP contribution in [0.1, 0.15) is 42.5 Å². The average molecular weight is 245 g/mol. The number of carbonyl (C=O) groups is 1. The van der Waals surface area contributed by atoms with E-state index in [1.165, 1.54) is 37.8 Å². The van der Waals surface area contributed by atoms with Crippen LogP contribution in [0.5, 0.6) is 0 Å². The number of carboxylic acids is 1. The fraction of sp³-hybridized carbons (Fsp3) is 0.533. The van der Waals surface area contributed by atoms with E-state index in [2.05, 4.69) is 4.90 Å². The predicted molar refractivity (Wildman–Crippen MR) is 71.1 cm³/mol. The van der Waals surface area contributed by atoms with Crippen molar-refractivity contribution in [1.29, 1.82) is 0 Å². The van der Waals surface area contributed by atoms with Gasteiger partial charge in [0, 0.05) is 18.3 Å². The number of piperidine rings is 1. The molecule has 0 amide bonds. The van der Waals surface area contributed by atoms with Gasteiger partial charge in [0.1, 0.15) is 0 Å². The van der Waals surface area contributed by atoms with Gasteiger partial charge in [-0.15, -0.1) is 0 Å². The zero-order valence-corrected chi connectivity index (χ0v) is 10.5. The van der Waals surface area contributed by atoms with Crippen molar-refractivity contribution < 1.29 is 9.90 Å². The van der Waals surface area contributed by atoms with Gasteiger partial charge in [-0.3, -0.25) is 0 Å². The van der Waals surface area contributed by atoms with Crippen LogP contribution < -0.4 is 4.90 Å². The Balaban J connectivity index is 1.82. The third-order valence-electron chi connectivity index (χ3n) is 4.44. The molecule has 3 nitrogen and oxygen atoms in total. The van der Waals surface area contributed by atoms with E-state index in [0.29, 0.717) is 11.6 Å². The molecule has 1 aliphatic heterocycles. The number of benzene rings is 1. The Hall–Kier alpha value is -1.51. The molecule has 1 saturated carbocycles. The first-order valence-corrected chi connectivity index (χ1v) is 6.86. The van der Waals surface area contributed by atoms with E-state index in [-0.39, 0.29) is 0 Å². The first-order chi connectivity index (χ1) is 8.75. The first kappa shape index (κ1) is 11.6. The van der Waals surface area contributed by atoms with Gasteiger partial charge in [-0.2, -0.15) is 0 Å². The lowest BCUT2D eigenvalue weighted by atomic mass is 9.91. The Bertz CT molecular complexity index is 440. The molecule has 0 spiro atoms. The number of aromatic carboxylic acids is 1. The number of rotatable bonds is 2. The summed E-state index contributed by atoms with van der Waals surface area (Å²) in [5.74, 6) is 0.0110. The molecule has 3 rings (SSSR count). The summed E-state index contributed by atoms with van der Waals surface area (Å²) in [5.41, 5.74) is 1.57. The summed E-state index contributed by atoms with van der Waals surface area (Å²) in [6, 6.07) is 8.05. The molecule has 0 radical (unpaired) electrons. The summed E-state index contributed by atoms with van der Waals surface area (Å²) < 4.78 is 0. The summed E-state index contributed by atoms with van der Waals surface area (Å²) >= 11 is 0. The molecule has 1 aromatic carbocycles. The minimum absolute atomic E-state index is 0.374. The molecule has 0 bridgehead atoms. The molecule has 1 aromatic rings. The molecular weight excluding hydrogens is 226 g/mol. The van der Waals surface area contributed by atoms with Gasteiger partial charge in [0.25, 0.3) is 0 Å². The van der Waals surface area contributed by atoms with E-state index in [0.717, 1.165) is 12.5 Å². The maximum atomic E-state index is 10.9. The lowest BCUT2D eigenvalue weighted by molar-refractivity contribution is 0.0697. The normalized spacial score (nSPS) is 27.0. The Morgan fingerprint density at radius 1 is 1.11 bits per heavy atom.